The van der Waals surface area contributed by atoms with E-state index in [1.165, 1.54) is 6.20 Å². The third-order valence-electron chi connectivity index (χ3n) is 2.22. The zero-order valence-electron chi connectivity index (χ0n) is 10.4. The van der Waals surface area contributed by atoms with Crippen LogP contribution < -0.4 is 0 Å². The van der Waals surface area contributed by atoms with Gasteiger partial charge in [-0.15, -0.1) is 0 Å². The van der Waals surface area contributed by atoms with Crippen molar-refractivity contribution in [2.24, 2.45) is 0 Å². The standard InChI is InChI=1S/C12H15N3O3/c1-4-15(7-8(2)3)11(16)9-5-14-10(6-13-9)12(17)18/h5-6H,2,4,7H2,1,3H3,(H,17,18). The second kappa shape index (κ2) is 5.90. The van der Waals surface area contributed by atoms with Crippen LogP contribution in [0.4, 0.5) is 0 Å². The fourth-order valence-corrected chi connectivity index (χ4v) is 1.36. The molecule has 0 saturated carbocycles. The first-order chi connectivity index (χ1) is 8.45. The number of carboxylic acid groups (broad SMARTS) is 1. The minimum Gasteiger partial charge on any atom is -0.476 e. The first-order valence-electron chi connectivity index (χ1n) is 5.44. The van der Waals surface area contributed by atoms with Crippen LogP contribution >= 0.6 is 0 Å². The lowest BCUT2D eigenvalue weighted by atomic mass is 10.3. The van der Waals surface area contributed by atoms with Crippen LogP contribution in [0.2, 0.25) is 0 Å². The van der Waals surface area contributed by atoms with E-state index in [4.69, 9.17) is 5.11 Å². The van der Waals surface area contributed by atoms with E-state index in [1.807, 2.05) is 13.8 Å². The minimum atomic E-state index is -1.17. The van der Waals surface area contributed by atoms with Gasteiger partial charge in [-0.25, -0.2) is 14.8 Å². The Kier molecular flexibility index (Phi) is 4.53. The smallest absolute Gasteiger partial charge is 0.356 e. The van der Waals surface area contributed by atoms with Crippen molar-refractivity contribution in [3.63, 3.8) is 0 Å². The summed E-state index contributed by atoms with van der Waals surface area (Å²) in [5.41, 5.74) is 0.804. The van der Waals surface area contributed by atoms with Crippen LogP contribution in [0.5, 0.6) is 0 Å². The highest BCUT2D eigenvalue weighted by molar-refractivity contribution is 5.92. The molecule has 0 fully saturated rings. The molecule has 0 aliphatic heterocycles. The van der Waals surface area contributed by atoms with Gasteiger partial charge in [0.05, 0.1) is 12.4 Å². The molecular formula is C12H15N3O3. The maximum Gasteiger partial charge on any atom is 0.356 e. The van der Waals surface area contributed by atoms with E-state index in [1.54, 1.807) is 4.90 Å². The summed E-state index contributed by atoms with van der Waals surface area (Å²) in [6, 6.07) is 0. The van der Waals surface area contributed by atoms with Gasteiger partial charge in [0.25, 0.3) is 5.91 Å². The largest absolute Gasteiger partial charge is 0.476 e. The van der Waals surface area contributed by atoms with E-state index >= 15 is 0 Å². The summed E-state index contributed by atoms with van der Waals surface area (Å²) in [6.07, 6.45) is 2.25. The number of carboxylic acids is 1. The quantitative estimate of drug-likeness (QED) is 0.793. The van der Waals surface area contributed by atoms with E-state index in [-0.39, 0.29) is 17.3 Å². The first-order valence-corrected chi connectivity index (χ1v) is 5.44. The van der Waals surface area contributed by atoms with E-state index in [9.17, 15) is 9.59 Å². The normalized spacial score (nSPS) is 9.89. The summed E-state index contributed by atoms with van der Waals surface area (Å²) in [4.78, 5) is 31.7. The molecule has 0 aliphatic carbocycles. The highest BCUT2D eigenvalue weighted by Gasteiger charge is 2.16. The van der Waals surface area contributed by atoms with Crippen molar-refractivity contribution in [1.29, 1.82) is 0 Å². The summed E-state index contributed by atoms with van der Waals surface area (Å²) in [6.45, 7) is 8.39. The van der Waals surface area contributed by atoms with Crippen LogP contribution in [0, 0.1) is 0 Å². The zero-order valence-corrected chi connectivity index (χ0v) is 10.4. The molecule has 6 nitrogen and oxygen atoms in total. The summed E-state index contributed by atoms with van der Waals surface area (Å²) in [7, 11) is 0. The molecule has 0 aliphatic rings. The van der Waals surface area contributed by atoms with Gasteiger partial charge in [-0.05, 0) is 13.8 Å². The molecular weight excluding hydrogens is 234 g/mol. The second-order valence-electron chi connectivity index (χ2n) is 3.87. The number of rotatable bonds is 5. The van der Waals surface area contributed by atoms with Gasteiger partial charge in [0, 0.05) is 13.1 Å². The highest BCUT2D eigenvalue weighted by Crippen LogP contribution is 2.04. The monoisotopic (exact) mass is 249 g/mol. The molecule has 96 valence electrons. The predicted octanol–water partition coefficient (Wildman–Crippen LogP) is 1.21. The average Bonchev–Trinajstić information content (AvgIpc) is 2.35. The molecule has 0 saturated heterocycles. The number of aromatic carboxylic acids is 1. The fraction of sp³-hybridized carbons (Fsp3) is 0.333. The molecule has 6 heteroatoms. The van der Waals surface area contributed by atoms with Crippen molar-refractivity contribution < 1.29 is 14.7 Å². The van der Waals surface area contributed by atoms with Crippen molar-refractivity contribution in [2.75, 3.05) is 13.1 Å². The van der Waals surface area contributed by atoms with Gasteiger partial charge in [-0.1, -0.05) is 12.2 Å². The van der Waals surface area contributed by atoms with E-state index in [2.05, 4.69) is 16.5 Å². The molecule has 1 aromatic rings. The molecule has 0 atom stereocenters. The van der Waals surface area contributed by atoms with Crippen molar-refractivity contribution in [2.45, 2.75) is 13.8 Å². The minimum absolute atomic E-state index is 0.128. The Bertz CT molecular complexity index is 468. The SMILES string of the molecule is C=C(C)CN(CC)C(=O)c1cnc(C(=O)O)cn1. The Morgan fingerprint density at radius 1 is 1.33 bits per heavy atom. The number of carbonyl (C=O) groups is 2. The lowest BCUT2D eigenvalue weighted by Gasteiger charge is -2.20. The molecule has 1 amide bonds. The fourth-order valence-electron chi connectivity index (χ4n) is 1.36. The van der Waals surface area contributed by atoms with Crippen LogP contribution in [0.3, 0.4) is 0 Å². The maximum absolute atomic E-state index is 12.0. The third-order valence-corrected chi connectivity index (χ3v) is 2.22. The second-order valence-corrected chi connectivity index (χ2v) is 3.87. The van der Waals surface area contributed by atoms with Gasteiger partial charge in [-0.3, -0.25) is 4.79 Å². The molecule has 0 bridgehead atoms. The number of amides is 1. The number of carbonyl (C=O) groups excluding carboxylic acids is 1. The van der Waals surface area contributed by atoms with Crippen molar-refractivity contribution in [3.05, 3.63) is 35.9 Å². The molecule has 18 heavy (non-hydrogen) atoms. The summed E-state index contributed by atoms with van der Waals surface area (Å²) < 4.78 is 0. The first kappa shape index (κ1) is 13.8. The number of nitrogens with zero attached hydrogens (tertiary/aromatic N) is 3. The Labute approximate surface area is 105 Å². The average molecular weight is 249 g/mol. The summed E-state index contributed by atoms with van der Waals surface area (Å²) >= 11 is 0. The van der Waals surface area contributed by atoms with Gasteiger partial charge < -0.3 is 10.0 Å². The van der Waals surface area contributed by atoms with Crippen LogP contribution in [-0.4, -0.2) is 44.9 Å². The van der Waals surface area contributed by atoms with E-state index in [0.717, 1.165) is 11.8 Å². The molecule has 1 aromatic heterocycles. The number of hydrogen-bond donors (Lipinski definition) is 1. The van der Waals surface area contributed by atoms with Gasteiger partial charge in [-0.2, -0.15) is 0 Å². The Morgan fingerprint density at radius 2 is 1.89 bits per heavy atom. The number of hydrogen-bond acceptors (Lipinski definition) is 4. The maximum atomic E-state index is 12.0. The predicted molar refractivity (Wildman–Crippen MR) is 65.4 cm³/mol. The Balaban J connectivity index is 2.88. The van der Waals surface area contributed by atoms with Crippen LogP contribution in [0.15, 0.2) is 24.5 Å². The molecule has 1 heterocycles. The molecule has 0 spiro atoms. The summed E-state index contributed by atoms with van der Waals surface area (Å²) in [5.74, 6) is -1.46. The topological polar surface area (TPSA) is 83.4 Å². The van der Waals surface area contributed by atoms with Crippen molar-refractivity contribution in [1.82, 2.24) is 14.9 Å². The molecule has 0 unspecified atom stereocenters. The van der Waals surface area contributed by atoms with Gasteiger partial charge >= 0.3 is 5.97 Å². The van der Waals surface area contributed by atoms with Crippen LogP contribution in [-0.2, 0) is 0 Å². The highest BCUT2D eigenvalue weighted by atomic mass is 16.4. The molecule has 0 aromatic carbocycles. The summed E-state index contributed by atoms with van der Waals surface area (Å²) in [5, 5.41) is 8.68. The van der Waals surface area contributed by atoms with E-state index in [0.29, 0.717) is 13.1 Å². The van der Waals surface area contributed by atoms with Crippen LogP contribution in [0.1, 0.15) is 34.8 Å². The van der Waals surface area contributed by atoms with E-state index < -0.39 is 5.97 Å². The molecule has 0 radical (unpaired) electrons. The van der Waals surface area contributed by atoms with Crippen molar-refractivity contribution in [3.8, 4) is 0 Å². The molecule has 1 rings (SSSR count). The number of likely N-dealkylation sites (N-methyl/N-ethyl adjacent to an activating group) is 1. The van der Waals surface area contributed by atoms with Gasteiger partial charge in [0.1, 0.15) is 5.69 Å². The van der Waals surface area contributed by atoms with Crippen LogP contribution in [0.25, 0.3) is 0 Å². The third kappa shape index (κ3) is 3.38. The number of aromatic nitrogens is 2. The van der Waals surface area contributed by atoms with Gasteiger partial charge in [0.15, 0.2) is 5.69 Å². The zero-order chi connectivity index (χ0) is 13.7. The molecule has 1 N–H and O–H groups in total. The Hall–Kier alpha value is -2.24. The Morgan fingerprint density at radius 3 is 2.28 bits per heavy atom. The van der Waals surface area contributed by atoms with Crippen molar-refractivity contribution >= 4 is 11.9 Å². The lowest BCUT2D eigenvalue weighted by molar-refractivity contribution is 0.0686. The van der Waals surface area contributed by atoms with Gasteiger partial charge in [0.2, 0.25) is 0 Å². The lowest BCUT2D eigenvalue weighted by Crippen LogP contribution is -2.32.